The number of aliphatic carboxylic acids is 1. The number of hydrogen-bond acceptors (Lipinski definition) is 8. The number of nitriles is 1. The summed E-state index contributed by atoms with van der Waals surface area (Å²) in [6, 6.07) is 7.56. The maximum absolute atomic E-state index is 12.9. The van der Waals surface area contributed by atoms with E-state index in [1.54, 1.807) is 6.07 Å². The monoisotopic (exact) mass is 566 g/mol. The summed E-state index contributed by atoms with van der Waals surface area (Å²) in [5.41, 5.74) is -0.838. The number of alkyl halides is 3. The number of carbonyl (C=O) groups is 1. The van der Waals surface area contributed by atoms with E-state index in [1.165, 1.54) is 29.1 Å². The van der Waals surface area contributed by atoms with Gasteiger partial charge in [0.15, 0.2) is 11.9 Å². The quantitative estimate of drug-likeness (QED) is 0.405. The number of aromatic amines is 1. The molecule has 16 heteroatoms. The molecule has 39 heavy (non-hydrogen) atoms. The molecule has 0 saturated carbocycles. The average Bonchev–Trinajstić information content (AvgIpc) is 3.34. The first kappa shape index (κ1) is 26.7. The largest absolute Gasteiger partial charge is 0.479 e. The molecule has 4 heterocycles. The van der Waals surface area contributed by atoms with Gasteiger partial charge in [-0.25, -0.2) is 13.2 Å². The zero-order valence-corrected chi connectivity index (χ0v) is 20.8. The lowest BCUT2D eigenvalue weighted by Crippen LogP contribution is -2.46. The van der Waals surface area contributed by atoms with Gasteiger partial charge in [-0.1, -0.05) is 0 Å². The van der Waals surface area contributed by atoms with Gasteiger partial charge in [0.05, 0.1) is 35.0 Å². The van der Waals surface area contributed by atoms with Gasteiger partial charge in [0.2, 0.25) is 10.0 Å². The first-order chi connectivity index (χ1) is 18.3. The normalized spacial score (nSPS) is 22.9. The molecule has 2 aliphatic heterocycles. The molecule has 5 rings (SSSR count). The molecular formula is C23H21F3N6O6S. The summed E-state index contributed by atoms with van der Waals surface area (Å²) in [5, 5.41) is 26.4. The zero-order valence-electron chi connectivity index (χ0n) is 20.0. The van der Waals surface area contributed by atoms with Crippen molar-refractivity contribution in [2.75, 3.05) is 18.5 Å². The Kier molecular flexibility index (Phi) is 6.40. The number of nitrogens with one attached hydrogen (secondary N) is 2. The van der Waals surface area contributed by atoms with Crippen molar-refractivity contribution in [3.8, 4) is 6.07 Å². The van der Waals surface area contributed by atoms with Crippen LogP contribution in [0.15, 0.2) is 40.2 Å². The minimum absolute atomic E-state index is 0.0532. The second-order valence-corrected chi connectivity index (χ2v) is 11.3. The number of benzene rings is 1. The van der Waals surface area contributed by atoms with Crippen molar-refractivity contribution in [3.63, 3.8) is 0 Å². The first-order valence-corrected chi connectivity index (χ1v) is 13.1. The summed E-state index contributed by atoms with van der Waals surface area (Å²) in [6.07, 6.45) is -4.11. The minimum Gasteiger partial charge on any atom is -0.479 e. The third kappa shape index (κ3) is 4.73. The van der Waals surface area contributed by atoms with Gasteiger partial charge in [-0.05, 0) is 42.7 Å². The van der Waals surface area contributed by atoms with Crippen LogP contribution in [0.1, 0.15) is 24.8 Å². The van der Waals surface area contributed by atoms with Crippen LogP contribution in [-0.2, 0) is 31.6 Å². The van der Waals surface area contributed by atoms with E-state index in [9.17, 15) is 41.5 Å². The smallest absolute Gasteiger partial charge is 0.402 e. The highest BCUT2D eigenvalue weighted by molar-refractivity contribution is 7.89. The molecule has 1 saturated heterocycles. The molecule has 0 spiro atoms. The van der Waals surface area contributed by atoms with Gasteiger partial charge in [-0.15, -0.1) is 0 Å². The lowest BCUT2D eigenvalue weighted by atomic mass is 9.87. The van der Waals surface area contributed by atoms with Crippen molar-refractivity contribution in [2.24, 2.45) is 0 Å². The highest BCUT2D eigenvalue weighted by Crippen LogP contribution is 2.38. The number of pyridine rings is 1. The summed E-state index contributed by atoms with van der Waals surface area (Å²) in [7, 11) is -4.32. The van der Waals surface area contributed by atoms with E-state index in [2.05, 4.69) is 21.5 Å². The van der Waals surface area contributed by atoms with Crippen LogP contribution in [0.3, 0.4) is 0 Å². The number of carboxylic acid groups (broad SMARTS) is 1. The molecule has 0 aliphatic carbocycles. The van der Waals surface area contributed by atoms with Crippen LogP contribution >= 0.6 is 0 Å². The van der Waals surface area contributed by atoms with Crippen molar-refractivity contribution in [2.45, 2.75) is 48.5 Å². The molecule has 206 valence electrons. The molecule has 2 atom stereocenters. The Balaban J connectivity index is 1.53. The Morgan fingerprint density at radius 3 is 2.77 bits per heavy atom. The number of aromatic nitrogens is 3. The topological polar surface area (TPSA) is 170 Å². The van der Waals surface area contributed by atoms with Crippen molar-refractivity contribution in [1.29, 1.82) is 5.26 Å². The predicted molar refractivity (Wildman–Crippen MR) is 129 cm³/mol. The summed E-state index contributed by atoms with van der Waals surface area (Å²) >= 11 is 0. The first-order valence-electron chi connectivity index (χ1n) is 11.6. The Morgan fingerprint density at radius 2 is 2.13 bits per heavy atom. The fraction of sp³-hybridized carbons (Fsp3) is 0.391. The number of ether oxygens (including phenoxy) is 1. The number of anilines is 2. The molecule has 3 N–H and O–H groups in total. The third-order valence-electron chi connectivity index (χ3n) is 6.81. The van der Waals surface area contributed by atoms with Gasteiger partial charge in [0.1, 0.15) is 11.9 Å². The molecule has 2 aromatic heterocycles. The Hall–Kier alpha value is -3.94. The molecule has 0 amide bonds. The van der Waals surface area contributed by atoms with E-state index in [-0.39, 0.29) is 53.2 Å². The minimum atomic E-state index is -4.71. The number of sulfonamides is 1. The average molecular weight is 567 g/mol. The third-order valence-corrected chi connectivity index (χ3v) is 8.70. The van der Waals surface area contributed by atoms with Crippen molar-refractivity contribution < 1.29 is 36.2 Å². The Morgan fingerprint density at radius 1 is 1.36 bits per heavy atom. The molecule has 0 radical (unpaired) electrons. The van der Waals surface area contributed by atoms with Crippen LogP contribution in [0.4, 0.5) is 24.7 Å². The van der Waals surface area contributed by atoms with Crippen molar-refractivity contribution >= 4 is 38.4 Å². The Bertz CT molecular complexity index is 1670. The van der Waals surface area contributed by atoms with E-state index in [0.717, 1.165) is 0 Å². The summed E-state index contributed by atoms with van der Waals surface area (Å²) in [5.74, 6) is -1.07. The fourth-order valence-corrected chi connectivity index (χ4v) is 6.58. The van der Waals surface area contributed by atoms with E-state index in [4.69, 9.17) is 4.74 Å². The van der Waals surface area contributed by atoms with Gasteiger partial charge < -0.3 is 20.1 Å². The van der Waals surface area contributed by atoms with Gasteiger partial charge in [-0.2, -0.15) is 27.8 Å². The maximum atomic E-state index is 12.9. The molecule has 0 bridgehead atoms. The van der Waals surface area contributed by atoms with Gasteiger partial charge in [-0.3, -0.25) is 9.48 Å². The van der Waals surface area contributed by atoms with Crippen molar-refractivity contribution in [1.82, 2.24) is 19.1 Å². The zero-order chi connectivity index (χ0) is 28.2. The molecule has 2 unspecified atom stereocenters. The van der Waals surface area contributed by atoms with Crippen LogP contribution in [0.25, 0.3) is 10.9 Å². The van der Waals surface area contributed by atoms with Crippen LogP contribution < -0.4 is 10.9 Å². The van der Waals surface area contributed by atoms with Gasteiger partial charge in [0, 0.05) is 18.4 Å². The summed E-state index contributed by atoms with van der Waals surface area (Å²) in [6.45, 7) is -2.24. The van der Waals surface area contributed by atoms with Crippen LogP contribution in [0, 0.1) is 11.3 Å². The number of hydrogen-bond donors (Lipinski definition) is 3. The number of carboxylic acids is 1. The second kappa shape index (κ2) is 9.36. The van der Waals surface area contributed by atoms with Gasteiger partial charge >= 0.3 is 12.1 Å². The predicted octanol–water partition coefficient (Wildman–Crippen LogP) is 2.41. The second-order valence-electron chi connectivity index (χ2n) is 9.40. The fourth-order valence-electron chi connectivity index (χ4n) is 4.98. The van der Waals surface area contributed by atoms with E-state index in [1.807, 2.05) is 0 Å². The van der Waals surface area contributed by atoms with E-state index < -0.39 is 52.5 Å². The summed E-state index contributed by atoms with van der Waals surface area (Å²) in [4.78, 5) is 26.5. The molecule has 2 aliphatic rings. The number of nitrogens with zero attached hydrogens (tertiary/aromatic N) is 4. The van der Waals surface area contributed by atoms with Crippen LogP contribution in [-0.4, -0.2) is 64.0 Å². The highest BCUT2D eigenvalue weighted by atomic mass is 32.2. The van der Waals surface area contributed by atoms with Crippen molar-refractivity contribution in [3.05, 3.63) is 46.4 Å². The lowest BCUT2D eigenvalue weighted by Gasteiger charge is -2.38. The molecule has 1 fully saturated rings. The standard InChI is InChI=1S/C23H21F3N6O6S/c24-23(25,26)11-31-10-13-9-14(1-2-17(13)39(31,36)37)29-19-18-15(4-8-28-20(18)33)32(30-19)22(6-7-27)5-3-16(21(34)35)38-12-22/h1-2,4,8-9,16H,3,5-6,10-12H2,(H,28,33)(H,29,30)(H,34,35). The van der Waals surface area contributed by atoms with Crippen LogP contribution in [0.5, 0.6) is 0 Å². The molecule has 12 nitrogen and oxygen atoms in total. The van der Waals surface area contributed by atoms with Crippen LogP contribution in [0.2, 0.25) is 0 Å². The van der Waals surface area contributed by atoms with Gasteiger partial charge in [0.25, 0.3) is 5.56 Å². The molecular weight excluding hydrogens is 545 g/mol. The molecule has 1 aromatic carbocycles. The molecule has 3 aromatic rings. The summed E-state index contributed by atoms with van der Waals surface area (Å²) < 4.78 is 71.2. The lowest BCUT2D eigenvalue weighted by molar-refractivity contribution is -0.158. The number of halogens is 3. The maximum Gasteiger partial charge on any atom is 0.402 e. The number of rotatable bonds is 6. The van der Waals surface area contributed by atoms with E-state index in [0.29, 0.717) is 9.82 Å². The Labute approximate surface area is 218 Å². The SMILES string of the molecule is N#CCC1(n2nc(Nc3ccc4c(c3)CN(CC(F)(F)F)S4(=O)=O)c3c(=O)[nH]ccc32)CCC(C(=O)O)OC1. The highest BCUT2D eigenvalue weighted by Gasteiger charge is 2.43. The number of fused-ring (bicyclic) bond motifs is 2. The van der Waals surface area contributed by atoms with E-state index >= 15 is 0 Å². The number of H-pyrrole nitrogens is 1.